The molecule has 11 nitrogen and oxygen atoms in total. The van der Waals surface area contributed by atoms with Crippen LogP contribution in [0.3, 0.4) is 0 Å². The van der Waals surface area contributed by atoms with Crippen molar-refractivity contribution in [2.24, 2.45) is 10.9 Å². The van der Waals surface area contributed by atoms with Gasteiger partial charge in [-0.05, 0) is 31.5 Å². The molecule has 3 aromatic rings. The summed E-state index contributed by atoms with van der Waals surface area (Å²) < 4.78 is 25.0. The molecule has 3 heterocycles. The molecule has 0 amide bonds. The van der Waals surface area contributed by atoms with Crippen molar-refractivity contribution in [1.82, 2.24) is 20.3 Å². The van der Waals surface area contributed by atoms with Crippen molar-refractivity contribution < 1.29 is 28.6 Å². The first kappa shape index (κ1) is 26.2. The van der Waals surface area contributed by atoms with E-state index in [0.29, 0.717) is 21.9 Å². The van der Waals surface area contributed by atoms with E-state index >= 15 is 4.39 Å². The maximum Gasteiger partial charge on any atom is 0.340 e. The third-order valence-electron chi connectivity index (χ3n) is 6.80. The molecular weight excluding hydrogens is 527 g/mol. The van der Waals surface area contributed by atoms with E-state index in [1.807, 2.05) is 0 Å². The number of ether oxygens (including phenoxy) is 2. The lowest BCUT2D eigenvalue weighted by Crippen LogP contribution is -2.40. The van der Waals surface area contributed by atoms with Gasteiger partial charge < -0.3 is 25.2 Å². The van der Waals surface area contributed by atoms with E-state index in [9.17, 15) is 14.7 Å². The summed E-state index contributed by atoms with van der Waals surface area (Å²) in [5.41, 5.74) is -0.438. The molecule has 1 aliphatic carbocycles. The zero-order valence-corrected chi connectivity index (χ0v) is 21.9. The first-order valence-electron chi connectivity index (χ1n) is 11.7. The number of pyridine rings is 1. The fourth-order valence-corrected chi connectivity index (χ4v) is 6.19. The number of terminal acetylenes is 1. The van der Waals surface area contributed by atoms with E-state index in [1.165, 1.54) is 24.5 Å². The van der Waals surface area contributed by atoms with Crippen LogP contribution < -0.4 is 15.4 Å². The number of carbonyl (C=O) groups is 2. The molecule has 2 aromatic heterocycles. The highest BCUT2D eigenvalue weighted by atomic mass is 32.2. The summed E-state index contributed by atoms with van der Waals surface area (Å²) in [7, 11) is 2.77. The molecule has 3 N–H and O–H groups in total. The van der Waals surface area contributed by atoms with Gasteiger partial charge >= 0.3 is 11.9 Å². The number of thioether (sulfide) groups is 1. The molecular formula is C26H23FN6O5S. The minimum Gasteiger partial charge on any atom is -0.480 e. The molecule has 1 saturated carbocycles. The summed E-state index contributed by atoms with van der Waals surface area (Å²) in [5, 5.41) is 16.3. The van der Waals surface area contributed by atoms with Gasteiger partial charge in [0.05, 0.1) is 29.9 Å². The molecule has 0 radical (unpaired) electrons. The van der Waals surface area contributed by atoms with Gasteiger partial charge in [-0.2, -0.15) is 0 Å². The summed E-state index contributed by atoms with van der Waals surface area (Å²) in [5.74, 6) is -0.370. The van der Waals surface area contributed by atoms with Crippen molar-refractivity contribution in [2.45, 2.75) is 23.6 Å². The van der Waals surface area contributed by atoms with Crippen molar-refractivity contribution >= 4 is 51.4 Å². The largest absolute Gasteiger partial charge is 0.480 e. The zero-order chi connectivity index (χ0) is 27.9. The summed E-state index contributed by atoms with van der Waals surface area (Å²) in [6.45, 7) is 1.70. The van der Waals surface area contributed by atoms with E-state index in [2.05, 4.69) is 31.5 Å². The Bertz CT molecular complexity index is 1590. The van der Waals surface area contributed by atoms with Crippen LogP contribution in [0, 0.1) is 24.1 Å². The Morgan fingerprint density at radius 3 is 2.85 bits per heavy atom. The normalized spacial score (nSPS) is 23.2. The van der Waals surface area contributed by atoms with Crippen LogP contribution in [0.1, 0.15) is 29.3 Å². The summed E-state index contributed by atoms with van der Waals surface area (Å²) in [4.78, 5) is 42.6. The Labute approximate surface area is 226 Å². The monoisotopic (exact) mass is 550 g/mol. The van der Waals surface area contributed by atoms with E-state index in [0.717, 1.165) is 18.9 Å². The minimum atomic E-state index is -1.29. The molecule has 0 saturated heterocycles. The Morgan fingerprint density at radius 1 is 1.36 bits per heavy atom. The number of anilines is 2. The van der Waals surface area contributed by atoms with E-state index < -0.39 is 34.0 Å². The fraction of sp³-hybridized carbons (Fsp3) is 0.308. The van der Waals surface area contributed by atoms with Crippen molar-refractivity contribution in [2.75, 3.05) is 26.1 Å². The highest BCUT2D eigenvalue weighted by Crippen LogP contribution is 2.66. The lowest BCUT2D eigenvalue weighted by Gasteiger charge is -2.34. The molecule has 1 aliphatic heterocycles. The number of benzene rings is 1. The number of nitrogens with one attached hydrogen (secondary N) is 2. The van der Waals surface area contributed by atoms with Gasteiger partial charge in [-0.15, -0.1) is 6.42 Å². The van der Waals surface area contributed by atoms with Gasteiger partial charge in [0.1, 0.15) is 16.1 Å². The number of hydrogen-bond donors (Lipinski definition) is 3. The Kier molecular flexibility index (Phi) is 6.51. The molecule has 13 heteroatoms. The average molecular weight is 551 g/mol. The minimum absolute atomic E-state index is 0.0320. The number of amidine groups is 1. The second-order valence-electron chi connectivity index (χ2n) is 9.10. The molecule has 0 bridgehead atoms. The van der Waals surface area contributed by atoms with Crippen LogP contribution >= 0.6 is 11.8 Å². The van der Waals surface area contributed by atoms with Gasteiger partial charge in [0, 0.05) is 30.4 Å². The van der Waals surface area contributed by atoms with Crippen molar-refractivity contribution in [3.63, 3.8) is 0 Å². The second kappa shape index (κ2) is 9.70. The number of halogens is 1. The molecule has 0 unspecified atom stereocenters. The molecule has 2 aliphatic rings. The quantitative estimate of drug-likeness (QED) is 0.294. The van der Waals surface area contributed by atoms with Crippen LogP contribution in [0.25, 0.3) is 11.0 Å². The number of esters is 1. The van der Waals surface area contributed by atoms with Gasteiger partial charge in [-0.1, -0.05) is 17.7 Å². The first-order valence-corrected chi connectivity index (χ1v) is 12.6. The first-order chi connectivity index (χ1) is 18.7. The standard InChI is InChI=1S/C26H23FN6O5S/c1-5-8-38-18-12-30-20-16(32-18)6-7-29-21(20)31-13-9-14(22(34)37-4)19(27)15(10-13)25(2)17-11-26(17,23(35)36)39-24(28-3)33-25/h1,6-7,9-10,12,17H,8,11H2,2-4H3,(H,28,33)(H,29,31)(H,35,36)/t17-,25+,26-/m0/s1. The second-order valence-corrected chi connectivity index (χ2v) is 10.4. The smallest absolute Gasteiger partial charge is 0.340 e. The van der Waals surface area contributed by atoms with Gasteiger partial charge in [-0.3, -0.25) is 9.79 Å². The Balaban J connectivity index is 1.62. The molecule has 5 rings (SSSR count). The number of aromatic nitrogens is 3. The predicted molar refractivity (Wildman–Crippen MR) is 143 cm³/mol. The SMILES string of the molecule is C#CCOc1cnc2c(Nc3cc(C(=O)OC)c(F)c([C@@]4(C)N=C(NC)S[C@@]5(C(=O)O)C[C@H]54)c3)nccc2n1. The summed E-state index contributed by atoms with van der Waals surface area (Å²) >= 11 is 1.11. The fourth-order valence-electron chi connectivity index (χ4n) is 4.79. The molecule has 3 atom stereocenters. The van der Waals surface area contributed by atoms with Gasteiger partial charge in [-0.25, -0.2) is 24.1 Å². The maximum absolute atomic E-state index is 16.0. The van der Waals surface area contributed by atoms with Crippen LogP contribution in [-0.4, -0.2) is 62.7 Å². The molecule has 200 valence electrons. The van der Waals surface area contributed by atoms with Gasteiger partial charge in [0.25, 0.3) is 0 Å². The lowest BCUT2D eigenvalue weighted by atomic mass is 9.84. The highest BCUT2D eigenvalue weighted by Gasteiger charge is 2.71. The van der Waals surface area contributed by atoms with Crippen LogP contribution in [0.5, 0.6) is 5.88 Å². The number of fused-ring (bicyclic) bond motifs is 2. The molecule has 1 aromatic carbocycles. The zero-order valence-electron chi connectivity index (χ0n) is 21.1. The van der Waals surface area contributed by atoms with Crippen LogP contribution in [0.15, 0.2) is 35.6 Å². The third kappa shape index (κ3) is 4.36. The highest BCUT2D eigenvalue weighted by molar-refractivity contribution is 8.15. The molecule has 1 fully saturated rings. The third-order valence-corrected chi connectivity index (χ3v) is 8.28. The van der Waals surface area contributed by atoms with Gasteiger partial charge in [0.15, 0.2) is 17.6 Å². The molecule has 0 spiro atoms. The topological polar surface area (TPSA) is 148 Å². The van der Waals surface area contributed by atoms with E-state index in [4.69, 9.17) is 20.9 Å². The number of aliphatic carboxylic acids is 1. The summed E-state index contributed by atoms with van der Waals surface area (Å²) in [6, 6.07) is 4.43. The Morgan fingerprint density at radius 2 is 2.15 bits per heavy atom. The number of carboxylic acids is 1. The molecule has 39 heavy (non-hydrogen) atoms. The van der Waals surface area contributed by atoms with Crippen LogP contribution in [0.4, 0.5) is 15.9 Å². The maximum atomic E-state index is 16.0. The number of nitrogens with zero attached hydrogens (tertiary/aromatic N) is 4. The van der Waals surface area contributed by atoms with Crippen LogP contribution in [-0.2, 0) is 15.1 Å². The number of aliphatic imine (C=N–C) groups is 1. The number of carbonyl (C=O) groups excluding carboxylic acids is 1. The van der Waals surface area contributed by atoms with Crippen molar-refractivity contribution in [1.29, 1.82) is 0 Å². The van der Waals surface area contributed by atoms with Gasteiger partial charge in [0.2, 0.25) is 5.88 Å². The number of carboxylic acid groups (broad SMARTS) is 1. The van der Waals surface area contributed by atoms with E-state index in [-0.39, 0.29) is 35.9 Å². The number of hydrogen-bond acceptors (Lipinski definition) is 11. The summed E-state index contributed by atoms with van der Waals surface area (Å²) in [6.07, 6.45) is 8.42. The average Bonchev–Trinajstić information content (AvgIpc) is 3.69. The predicted octanol–water partition coefficient (Wildman–Crippen LogP) is 3.09. The van der Waals surface area contributed by atoms with Crippen molar-refractivity contribution in [3.8, 4) is 18.2 Å². The van der Waals surface area contributed by atoms with Crippen LogP contribution in [0.2, 0.25) is 0 Å². The lowest BCUT2D eigenvalue weighted by molar-refractivity contribution is -0.137. The van der Waals surface area contributed by atoms with Crippen molar-refractivity contribution in [3.05, 3.63) is 47.5 Å². The number of methoxy groups -OCH3 is 1. The van der Waals surface area contributed by atoms with E-state index in [1.54, 1.807) is 20.0 Å². The number of rotatable bonds is 7. The Hall–Kier alpha value is -4.44.